The van der Waals surface area contributed by atoms with Crippen molar-refractivity contribution >= 4 is 11.9 Å². The molecule has 0 rings (SSSR count). The Kier molecular flexibility index (Phi) is 6.62. The Morgan fingerprint density at radius 3 is 2.00 bits per heavy atom. The van der Waals surface area contributed by atoms with Gasteiger partial charge in [-0.3, -0.25) is 4.79 Å². The fourth-order valence-corrected chi connectivity index (χ4v) is 1.30. The van der Waals surface area contributed by atoms with Gasteiger partial charge in [0.1, 0.15) is 0 Å². The van der Waals surface area contributed by atoms with Gasteiger partial charge in [-0.2, -0.15) is 0 Å². The summed E-state index contributed by atoms with van der Waals surface area (Å²) in [6.07, 6.45) is 1.55. The number of hydrogen-bond acceptors (Lipinski definition) is 3. The van der Waals surface area contributed by atoms with E-state index in [1.165, 1.54) is 6.92 Å². The molecule has 0 aliphatic carbocycles. The molecule has 0 heterocycles. The molecular weight excluding hydrogens is 232 g/mol. The van der Waals surface area contributed by atoms with E-state index in [1.54, 1.807) is 6.08 Å². The second-order valence-electron chi connectivity index (χ2n) is 5.20. The van der Waals surface area contributed by atoms with Crippen molar-refractivity contribution in [2.24, 2.45) is 17.6 Å². The molecule has 104 valence electrons. The van der Waals surface area contributed by atoms with Gasteiger partial charge >= 0.3 is 5.97 Å². The molecule has 0 bridgehead atoms. The summed E-state index contributed by atoms with van der Waals surface area (Å²) in [5.74, 6) is -1.09. The summed E-state index contributed by atoms with van der Waals surface area (Å²) >= 11 is 0. The van der Waals surface area contributed by atoms with Crippen molar-refractivity contribution in [2.45, 2.75) is 46.7 Å². The van der Waals surface area contributed by atoms with Gasteiger partial charge in [-0.25, -0.2) is 4.79 Å². The monoisotopic (exact) mass is 256 g/mol. The van der Waals surface area contributed by atoms with Crippen LogP contribution in [0.1, 0.15) is 34.6 Å². The SMILES string of the molecule is CC(=C[C@@H](NC(=O)[C@@H](N)C(C)C)C(C)C)C(=O)O. The van der Waals surface area contributed by atoms with Crippen LogP contribution in [0.25, 0.3) is 0 Å². The van der Waals surface area contributed by atoms with Gasteiger partial charge in [0.2, 0.25) is 5.91 Å². The first-order chi connectivity index (χ1) is 8.16. The molecule has 0 aromatic carbocycles. The molecule has 0 radical (unpaired) electrons. The third-order valence-electron chi connectivity index (χ3n) is 2.82. The lowest BCUT2D eigenvalue weighted by Crippen LogP contribution is -2.48. The van der Waals surface area contributed by atoms with Crippen LogP contribution in [0.5, 0.6) is 0 Å². The van der Waals surface area contributed by atoms with Crippen LogP contribution in [0.15, 0.2) is 11.6 Å². The molecule has 0 aliphatic heterocycles. The van der Waals surface area contributed by atoms with Gasteiger partial charge in [0.05, 0.1) is 12.1 Å². The molecule has 2 atom stereocenters. The Hall–Kier alpha value is -1.36. The van der Waals surface area contributed by atoms with Crippen LogP contribution in [0.3, 0.4) is 0 Å². The van der Waals surface area contributed by atoms with E-state index < -0.39 is 12.0 Å². The molecule has 5 nitrogen and oxygen atoms in total. The summed E-state index contributed by atoms with van der Waals surface area (Å²) in [5, 5.41) is 11.6. The third-order valence-corrected chi connectivity index (χ3v) is 2.82. The summed E-state index contributed by atoms with van der Waals surface area (Å²) in [5.41, 5.74) is 5.96. The second kappa shape index (κ2) is 7.16. The number of hydrogen-bond donors (Lipinski definition) is 3. The van der Waals surface area contributed by atoms with E-state index in [0.717, 1.165) is 0 Å². The highest BCUT2D eigenvalue weighted by molar-refractivity contribution is 5.86. The highest BCUT2D eigenvalue weighted by Gasteiger charge is 2.21. The molecule has 0 spiro atoms. The van der Waals surface area contributed by atoms with Gasteiger partial charge in [-0.1, -0.05) is 33.8 Å². The molecule has 0 aromatic rings. The Labute approximate surface area is 108 Å². The minimum Gasteiger partial charge on any atom is -0.478 e. The number of carboxylic acids is 1. The largest absolute Gasteiger partial charge is 0.478 e. The number of carbonyl (C=O) groups is 2. The van der Waals surface area contributed by atoms with Crippen molar-refractivity contribution in [1.29, 1.82) is 0 Å². The molecule has 5 heteroatoms. The van der Waals surface area contributed by atoms with E-state index >= 15 is 0 Å². The van der Waals surface area contributed by atoms with Crippen molar-refractivity contribution < 1.29 is 14.7 Å². The Balaban J connectivity index is 4.80. The Bertz CT molecular complexity index is 335. The molecule has 0 fully saturated rings. The minimum atomic E-state index is -0.983. The fourth-order valence-electron chi connectivity index (χ4n) is 1.30. The minimum absolute atomic E-state index is 0.0439. The summed E-state index contributed by atoms with van der Waals surface area (Å²) in [6, 6.07) is -0.900. The molecule has 4 N–H and O–H groups in total. The highest BCUT2D eigenvalue weighted by Crippen LogP contribution is 2.08. The van der Waals surface area contributed by atoms with Crippen LogP contribution in [0, 0.1) is 11.8 Å². The van der Waals surface area contributed by atoms with E-state index in [9.17, 15) is 9.59 Å². The van der Waals surface area contributed by atoms with Gasteiger partial charge in [-0.15, -0.1) is 0 Å². The molecule has 0 aromatic heterocycles. The first-order valence-electron chi connectivity index (χ1n) is 6.14. The number of carbonyl (C=O) groups excluding carboxylic acids is 1. The summed E-state index contributed by atoms with van der Waals surface area (Å²) < 4.78 is 0. The van der Waals surface area contributed by atoms with Gasteiger partial charge in [0, 0.05) is 5.57 Å². The number of nitrogens with two attached hydrogens (primary N) is 1. The maximum atomic E-state index is 11.8. The fraction of sp³-hybridized carbons (Fsp3) is 0.692. The van der Waals surface area contributed by atoms with E-state index in [-0.39, 0.29) is 29.4 Å². The number of aliphatic carboxylic acids is 1. The summed E-state index contributed by atoms with van der Waals surface area (Å²) in [4.78, 5) is 22.6. The highest BCUT2D eigenvalue weighted by atomic mass is 16.4. The first kappa shape index (κ1) is 16.6. The van der Waals surface area contributed by atoms with E-state index in [0.29, 0.717) is 0 Å². The molecule has 0 aliphatic rings. The average molecular weight is 256 g/mol. The number of rotatable bonds is 6. The summed E-state index contributed by atoms with van der Waals surface area (Å²) in [7, 11) is 0. The quantitative estimate of drug-likeness (QED) is 0.621. The lowest BCUT2D eigenvalue weighted by atomic mass is 9.99. The molecule has 1 amide bonds. The molecule has 0 saturated carbocycles. The van der Waals surface area contributed by atoms with Crippen molar-refractivity contribution in [1.82, 2.24) is 5.32 Å². The number of nitrogens with one attached hydrogen (secondary N) is 1. The lowest BCUT2D eigenvalue weighted by Gasteiger charge is -2.23. The van der Waals surface area contributed by atoms with Gasteiger partial charge in [0.15, 0.2) is 0 Å². The Morgan fingerprint density at radius 2 is 1.67 bits per heavy atom. The first-order valence-corrected chi connectivity index (χ1v) is 6.14. The van der Waals surface area contributed by atoms with Crippen molar-refractivity contribution in [3.05, 3.63) is 11.6 Å². The zero-order chi connectivity index (χ0) is 14.5. The second-order valence-corrected chi connectivity index (χ2v) is 5.20. The van der Waals surface area contributed by atoms with Crippen molar-refractivity contribution in [3.8, 4) is 0 Å². The average Bonchev–Trinajstić information content (AvgIpc) is 2.26. The van der Waals surface area contributed by atoms with Crippen molar-refractivity contribution in [2.75, 3.05) is 0 Å². The standard InChI is InChI=1S/C13H24N2O3/c1-7(2)10(6-9(5)13(17)18)15-12(16)11(14)8(3)4/h6-8,10-11H,14H2,1-5H3,(H,15,16)(H,17,18)/t10-,11+/m1/s1. The number of amides is 1. The van der Waals surface area contributed by atoms with Gasteiger partial charge in [0.25, 0.3) is 0 Å². The van der Waals surface area contributed by atoms with Crippen LogP contribution < -0.4 is 11.1 Å². The van der Waals surface area contributed by atoms with Crippen LogP contribution in [-0.4, -0.2) is 29.1 Å². The van der Waals surface area contributed by atoms with E-state index in [4.69, 9.17) is 10.8 Å². The maximum Gasteiger partial charge on any atom is 0.331 e. The van der Waals surface area contributed by atoms with E-state index in [1.807, 2.05) is 27.7 Å². The van der Waals surface area contributed by atoms with Crippen molar-refractivity contribution in [3.63, 3.8) is 0 Å². The van der Waals surface area contributed by atoms with Crippen LogP contribution in [0.4, 0.5) is 0 Å². The van der Waals surface area contributed by atoms with Gasteiger partial charge in [-0.05, 0) is 18.8 Å². The molecule has 0 saturated heterocycles. The lowest BCUT2D eigenvalue weighted by molar-refractivity contribution is -0.132. The molecular formula is C13H24N2O3. The molecule has 18 heavy (non-hydrogen) atoms. The predicted octanol–water partition coefficient (Wildman–Crippen LogP) is 1.14. The zero-order valence-electron chi connectivity index (χ0n) is 11.7. The third kappa shape index (κ3) is 5.31. The predicted molar refractivity (Wildman–Crippen MR) is 71.0 cm³/mol. The smallest absolute Gasteiger partial charge is 0.331 e. The Morgan fingerprint density at radius 1 is 1.17 bits per heavy atom. The zero-order valence-corrected chi connectivity index (χ0v) is 11.7. The normalized spacial score (nSPS) is 15.7. The van der Waals surface area contributed by atoms with Gasteiger partial charge < -0.3 is 16.2 Å². The maximum absolute atomic E-state index is 11.8. The van der Waals surface area contributed by atoms with Crippen LogP contribution in [0.2, 0.25) is 0 Å². The number of carboxylic acid groups (broad SMARTS) is 1. The summed E-state index contributed by atoms with van der Waals surface area (Å²) in [6.45, 7) is 9.07. The van der Waals surface area contributed by atoms with E-state index in [2.05, 4.69) is 5.32 Å². The molecule has 0 unspecified atom stereocenters. The van der Waals surface area contributed by atoms with Crippen LogP contribution >= 0.6 is 0 Å². The van der Waals surface area contributed by atoms with Crippen LogP contribution in [-0.2, 0) is 9.59 Å². The topological polar surface area (TPSA) is 92.4 Å².